The highest BCUT2D eigenvalue weighted by Gasteiger charge is 2.23. The zero-order valence-electron chi connectivity index (χ0n) is 15.7. The molecular formula is C21H24N4O2. The van der Waals surface area contributed by atoms with Gasteiger partial charge in [0.25, 0.3) is 0 Å². The number of amides is 1. The highest BCUT2D eigenvalue weighted by atomic mass is 16.4. The predicted molar refractivity (Wildman–Crippen MR) is 103 cm³/mol. The molecule has 6 heteroatoms. The van der Waals surface area contributed by atoms with Gasteiger partial charge in [-0.1, -0.05) is 31.0 Å². The number of hydrogen-bond acceptors (Lipinski definition) is 4. The largest absolute Gasteiger partial charge is 0.441 e. The Labute approximate surface area is 158 Å². The van der Waals surface area contributed by atoms with E-state index in [0.29, 0.717) is 23.4 Å². The van der Waals surface area contributed by atoms with E-state index in [0.717, 1.165) is 29.8 Å². The second-order valence-electron chi connectivity index (χ2n) is 7.17. The van der Waals surface area contributed by atoms with E-state index < -0.39 is 0 Å². The molecule has 1 aliphatic carbocycles. The van der Waals surface area contributed by atoms with E-state index >= 15 is 0 Å². The summed E-state index contributed by atoms with van der Waals surface area (Å²) in [4.78, 5) is 17.2. The fourth-order valence-corrected chi connectivity index (χ4v) is 3.65. The highest BCUT2D eigenvalue weighted by molar-refractivity contribution is 5.92. The number of carbonyl (C=O) groups excluding carboxylic acids is 1. The standard InChI is InChI=1S/C21H24N4O2/c1-14-13-22-25(17-10-6-7-11-17)20(14)24-19(26)12-18-15(2)27-21(23-18)16-8-4-3-5-9-16/h3-5,8-9,13,17H,6-7,10-12H2,1-2H3,(H,24,26). The molecular weight excluding hydrogens is 340 g/mol. The molecule has 140 valence electrons. The third-order valence-electron chi connectivity index (χ3n) is 5.15. The number of nitrogens with one attached hydrogen (secondary N) is 1. The van der Waals surface area contributed by atoms with Crippen molar-refractivity contribution < 1.29 is 9.21 Å². The smallest absolute Gasteiger partial charge is 0.231 e. The van der Waals surface area contributed by atoms with Gasteiger partial charge in [-0.2, -0.15) is 5.10 Å². The van der Waals surface area contributed by atoms with Crippen LogP contribution in [0.2, 0.25) is 0 Å². The van der Waals surface area contributed by atoms with Crippen molar-refractivity contribution in [2.75, 3.05) is 5.32 Å². The molecule has 1 aliphatic rings. The van der Waals surface area contributed by atoms with Crippen LogP contribution in [-0.2, 0) is 11.2 Å². The van der Waals surface area contributed by atoms with Gasteiger partial charge in [0.15, 0.2) is 0 Å². The molecule has 0 aliphatic heterocycles. The average Bonchev–Trinajstić information content (AvgIpc) is 3.39. The molecule has 2 aromatic heterocycles. The van der Waals surface area contributed by atoms with Crippen LogP contribution in [0.25, 0.3) is 11.5 Å². The van der Waals surface area contributed by atoms with Crippen molar-refractivity contribution in [3.63, 3.8) is 0 Å². The number of aryl methyl sites for hydroxylation is 2. The molecule has 0 bridgehead atoms. The minimum atomic E-state index is -0.103. The molecule has 0 radical (unpaired) electrons. The van der Waals surface area contributed by atoms with Crippen LogP contribution in [0.1, 0.15) is 48.7 Å². The summed E-state index contributed by atoms with van der Waals surface area (Å²) in [5, 5.41) is 7.53. The number of hydrogen-bond donors (Lipinski definition) is 1. The second-order valence-corrected chi connectivity index (χ2v) is 7.17. The van der Waals surface area contributed by atoms with Gasteiger partial charge in [-0.3, -0.25) is 4.79 Å². The number of anilines is 1. The monoisotopic (exact) mass is 364 g/mol. The van der Waals surface area contributed by atoms with Crippen molar-refractivity contribution in [2.24, 2.45) is 0 Å². The van der Waals surface area contributed by atoms with E-state index in [4.69, 9.17) is 4.42 Å². The summed E-state index contributed by atoms with van der Waals surface area (Å²) in [5.74, 6) is 1.92. The first-order chi connectivity index (χ1) is 13.1. The molecule has 0 atom stereocenters. The van der Waals surface area contributed by atoms with Gasteiger partial charge in [-0.15, -0.1) is 0 Å². The molecule has 3 aromatic rings. The fraction of sp³-hybridized carbons (Fsp3) is 0.381. The lowest BCUT2D eigenvalue weighted by atomic mass is 10.2. The van der Waals surface area contributed by atoms with E-state index in [1.807, 2.05) is 55.1 Å². The van der Waals surface area contributed by atoms with Gasteiger partial charge in [0, 0.05) is 11.1 Å². The molecule has 27 heavy (non-hydrogen) atoms. The second kappa shape index (κ2) is 7.39. The van der Waals surface area contributed by atoms with Crippen molar-refractivity contribution in [3.05, 3.63) is 53.5 Å². The molecule has 4 rings (SSSR count). The normalized spacial score (nSPS) is 14.6. The molecule has 1 aromatic carbocycles. The molecule has 1 saturated carbocycles. The third kappa shape index (κ3) is 3.65. The minimum absolute atomic E-state index is 0.103. The van der Waals surface area contributed by atoms with Gasteiger partial charge in [0.1, 0.15) is 11.6 Å². The Morgan fingerprint density at radius 3 is 2.70 bits per heavy atom. The number of rotatable bonds is 5. The summed E-state index contributed by atoms with van der Waals surface area (Å²) < 4.78 is 7.73. The number of benzene rings is 1. The summed E-state index contributed by atoms with van der Waals surface area (Å²) in [5.41, 5.74) is 2.55. The first kappa shape index (κ1) is 17.5. The lowest BCUT2D eigenvalue weighted by Crippen LogP contribution is -2.20. The third-order valence-corrected chi connectivity index (χ3v) is 5.15. The van der Waals surface area contributed by atoms with Gasteiger partial charge in [0.2, 0.25) is 11.8 Å². The Morgan fingerprint density at radius 1 is 1.22 bits per heavy atom. The maximum Gasteiger partial charge on any atom is 0.231 e. The summed E-state index contributed by atoms with van der Waals surface area (Å²) >= 11 is 0. The SMILES string of the molecule is Cc1cnn(C2CCCC2)c1NC(=O)Cc1nc(-c2ccccc2)oc1C. The summed E-state index contributed by atoms with van der Waals surface area (Å²) in [6.07, 6.45) is 6.68. The zero-order chi connectivity index (χ0) is 18.8. The Bertz CT molecular complexity index is 937. The molecule has 1 fully saturated rings. The Balaban J connectivity index is 1.49. The van der Waals surface area contributed by atoms with Crippen LogP contribution in [0, 0.1) is 13.8 Å². The summed E-state index contributed by atoms with van der Waals surface area (Å²) in [6.45, 7) is 3.82. The van der Waals surface area contributed by atoms with E-state index in [-0.39, 0.29) is 12.3 Å². The van der Waals surface area contributed by atoms with Gasteiger partial charge < -0.3 is 9.73 Å². The Hall–Kier alpha value is -2.89. The van der Waals surface area contributed by atoms with Crippen LogP contribution in [0.15, 0.2) is 40.9 Å². The van der Waals surface area contributed by atoms with Crippen molar-refractivity contribution >= 4 is 11.7 Å². The molecule has 0 saturated heterocycles. The van der Waals surface area contributed by atoms with Crippen LogP contribution in [0.4, 0.5) is 5.82 Å². The van der Waals surface area contributed by atoms with E-state index in [9.17, 15) is 4.79 Å². The van der Waals surface area contributed by atoms with Crippen molar-refractivity contribution in [2.45, 2.75) is 52.0 Å². The van der Waals surface area contributed by atoms with Gasteiger partial charge >= 0.3 is 0 Å². The molecule has 0 unspecified atom stereocenters. The lowest BCUT2D eigenvalue weighted by molar-refractivity contribution is -0.115. The fourth-order valence-electron chi connectivity index (χ4n) is 3.65. The molecule has 2 heterocycles. The van der Waals surface area contributed by atoms with Gasteiger partial charge in [0.05, 0.1) is 24.4 Å². The maximum absolute atomic E-state index is 12.7. The molecule has 6 nitrogen and oxygen atoms in total. The highest BCUT2D eigenvalue weighted by Crippen LogP contribution is 2.32. The van der Waals surface area contributed by atoms with Gasteiger partial charge in [-0.05, 0) is 38.8 Å². The quantitative estimate of drug-likeness (QED) is 0.726. The average molecular weight is 364 g/mol. The molecule has 1 amide bonds. The van der Waals surface area contributed by atoms with Crippen molar-refractivity contribution in [1.29, 1.82) is 0 Å². The van der Waals surface area contributed by atoms with Crippen LogP contribution in [-0.4, -0.2) is 20.7 Å². The number of aromatic nitrogens is 3. The van der Waals surface area contributed by atoms with Crippen LogP contribution in [0.5, 0.6) is 0 Å². The maximum atomic E-state index is 12.7. The lowest BCUT2D eigenvalue weighted by Gasteiger charge is -2.15. The van der Waals surface area contributed by atoms with Crippen LogP contribution in [0.3, 0.4) is 0 Å². The van der Waals surface area contributed by atoms with Crippen molar-refractivity contribution in [3.8, 4) is 11.5 Å². The first-order valence-electron chi connectivity index (χ1n) is 9.47. The van der Waals surface area contributed by atoms with Crippen molar-refractivity contribution in [1.82, 2.24) is 14.8 Å². The number of carbonyl (C=O) groups is 1. The van der Waals surface area contributed by atoms with E-state index in [1.165, 1.54) is 12.8 Å². The Morgan fingerprint density at radius 2 is 1.96 bits per heavy atom. The number of nitrogens with zero attached hydrogens (tertiary/aromatic N) is 3. The topological polar surface area (TPSA) is 73.0 Å². The molecule has 0 spiro atoms. The summed E-state index contributed by atoms with van der Waals surface area (Å²) in [6, 6.07) is 10.1. The van der Waals surface area contributed by atoms with Crippen LogP contribution < -0.4 is 5.32 Å². The van der Waals surface area contributed by atoms with E-state index in [1.54, 1.807) is 0 Å². The predicted octanol–water partition coefficient (Wildman–Crippen LogP) is 4.45. The zero-order valence-corrected chi connectivity index (χ0v) is 15.7. The molecule has 1 N–H and O–H groups in total. The summed E-state index contributed by atoms with van der Waals surface area (Å²) in [7, 11) is 0. The van der Waals surface area contributed by atoms with Crippen LogP contribution >= 0.6 is 0 Å². The minimum Gasteiger partial charge on any atom is -0.441 e. The van der Waals surface area contributed by atoms with Gasteiger partial charge in [-0.25, -0.2) is 9.67 Å². The Kier molecular flexibility index (Phi) is 4.79. The first-order valence-corrected chi connectivity index (χ1v) is 9.47. The van der Waals surface area contributed by atoms with E-state index in [2.05, 4.69) is 15.4 Å². The number of oxazole rings is 1.